The zero-order chi connectivity index (χ0) is 17.5. The summed E-state index contributed by atoms with van der Waals surface area (Å²) < 4.78 is 26.8. The number of anilines is 1. The van der Waals surface area contributed by atoms with Crippen LogP contribution in [0, 0.1) is 11.6 Å². The fourth-order valence-corrected chi connectivity index (χ4v) is 2.08. The highest BCUT2D eigenvalue weighted by Gasteiger charge is 2.06. The van der Waals surface area contributed by atoms with Crippen LogP contribution >= 0.6 is 24.0 Å². The van der Waals surface area contributed by atoms with E-state index in [1.165, 1.54) is 6.07 Å². The topological polar surface area (TPSA) is 52.6 Å². The molecule has 1 aromatic carbocycles. The lowest BCUT2D eigenvalue weighted by Gasteiger charge is -2.14. The number of nitrogens with one attached hydrogen (secondary N) is 2. The second-order valence-corrected chi connectivity index (χ2v) is 5.43. The van der Waals surface area contributed by atoms with Gasteiger partial charge in [-0.15, -0.1) is 24.0 Å². The van der Waals surface area contributed by atoms with E-state index in [1.807, 2.05) is 31.1 Å². The van der Waals surface area contributed by atoms with Crippen LogP contribution in [0.1, 0.15) is 11.1 Å². The maximum Gasteiger partial charge on any atom is 0.191 e. The first-order chi connectivity index (χ1) is 11.5. The van der Waals surface area contributed by atoms with Gasteiger partial charge in [0, 0.05) is 46.0 Å². The van der Waals surface area contributed by atoms with Crippen molar-refractivity contribution in [1.29, 1.82) is 0 Å². The molecular formula is C17H22F2IN5. The van der Waals surface area contributed by atoms with Gasteiger partial charge >= 0.3 is 0 Å². The van der Waals surface area contributed by atoms with Gasteiger partial charge in [-0.3, -0.25) is 4.99 Å². The molecule has 8 heteroatoms. The molecule has 2 N–H and O–H groups in total. The molecule has 0 fully saturated rings. The van der Waals surface area contributed by atoms with Gasteiger partial charge in [-0.2, -0.15) is 0 Å². The Bertz CT molecular complexity index is 722. The Morgan fingerprint density at radius 2 is 1.84 bits per heavy atom. The number of rotatable bonds is 5. The molecule has 2 rings (SSSR count). The lowest BCUT2D eigenvalue weighted by Crippen LogP contribution is -2.36. The third-order valence-electron chi connectivity index (χ3n) is 3.41. The van der Waals surface area contributed by atoms with Crippen LogP contribution in [-0.4, -0.2) is 32.1 Å². The number of hydrogen-bond donors (Lipinski definition) is 2. The molecule has 0 spiro atoms. The first-order valence-corrected chi connectivity index (χ1v) is 7.50. The Morgan fingerprint density at radius 3 is 2.52 bits per heavy atom. The van der Waals surface area contributed by atoms with Crippen molar-refractivity contribution in [3.8, 4) is 0 Å². The monoisotopic (exact) mass is 461 g/mol. The molecule has 0 aliphatic carbocycles. The summed E-state index contributed by atoms with van der Waals surface area (Å²) in [5, 5.41) is 6.10. The third kappa shape index (κ3) is 6.45. The number of aliphatic imine (C=N–C) groups is 1. The molecule has 0 aliphatic heterocycles. The first kappa shape index (κ1) is 21.1. The maximum absolute atomic E-state index is 13.6. The van der Waals surface area contributed by atoms with Crippen LogP contribution in [0.2, 0.25) is 0 Å². The second-order valence-electron chi connectivity index (χ2n) is 5.43. The van der Waals surface area contributed by atoms with Crippen molar-refractivity contribution in [2.45, 2.75) is 13.1 Å². The molecule has 25 heavy (non-hydrogen) atoms. The summed E-state index contributed by atoms with van der Waals surface area (Å²) in [6.07, 6.45) is 1.74. The highest BCUT2D eigenvalue weighted by atomic mass is 127. The molecule has 0 radical (unpaired) electrons. The minimum atomic E-state index is -0.468. The first-order valence-electron chi connectivity index (χ1n) is 7.50. The van der Waals surface area contributed by atoms with Crippen molar-refractivity contribution in [2.24, 2.45) is 4.99 Å². The van der Waals surface area contributed by atoms with Crippen LogP contribution in [-0.2, 0) is 13.1 Å². The molecule has 136 valence electrons. The predicted molar refractivity (Wildman–Crippen MR) is 107 cm³/mol. The Morgan fingerprint density at radius 1 is 1.12 bits per heavy atom. The second kappa shape index (κ2) is 10.1. The van der Waals surface area contributed by atoms with E-state index in [1.54, 1.807) is 13.2 Å². The molecule has 0 amide bonds. The molecule has 0 bridgehead atoms. The van der Waals surface area contributed by atoms with E-state index >= 15 is 0 Å². The smallest absolute Gasteiger partial charge is 0.191 e. The zero-order valence-corrected chi connectivity index (χ0v) is 16.7. The normalized spacial score (nSPS) is 10.8. The number of benzene rings is 1. The Hall–Kier alpha value is -1.97. The molecule has 1 heterocycles. The summed E-state index contributed by atoms with van der Waals surface area (Å²) in [6, 6.07) is 7.24. The molecule has 5 nitrogen and oxygen atoms in total. The molecule has 0 saturated heterocycles. The highest BCUT2D eigenvalue weighted by Crippen LogP contribution is 2.10. The van der Waals surface area contributed by atoms with Crippen molar-refractivity contribution in [1.82, 2.24) is 15.6 Å². The van der Waals surface area contributed by atoms with Crippen molar-refractivity contribution >= 4 is 35.8 Å². The van der Waals surface area contributed by atoms with Gasteiger partial charge < -0.3 is 15.5 Å². The largest absolute Gasteiger partial charge is 0.363 e. The van der Waals surface area contributed by atoms with E-state index < -0.39 is 11.6 Å². The molecule has 0 saturated carbocycles. The highest BCUT2D eigenvalue weighted by molar-refractivity contribution is 14.0. The number of halogens is 3. The summed E-state index contributed by atoms with van der Waals surface area (Å²) in [6.45, 7) is 0.678. The SMILES string of the molecule is CN=C(NCc1ccnc(N(C)C)c1)NCc1cc(F)ccc1F.I. The van der Waals surface area contributed by atoms with Gasteiger partial charge in [-0.25, -0.2) is 13.8 Å². The van der Waals surface area contributed by atoms with Gasteiger partial charge in [0.2, 0.25) is 0 Å². The van der Waals surface area contributed by atoms with E-state index in [0.717, 1.165) is 23.5 Å². The Labute approximate surface area is 163 Å². The molecule has 2 aromatic rings. The van der Waals surface area contributed by atoms with Crippen LogP contribution in [0.4, 0.5) is 14.6 Å². The third-order valence-corrected chi connectivity index (χ3v) is 3.41. The van der Waals surface area contributed by atoms with Crippen LogP contribution < -0.4 is 15.5 Å². The minimum absolute atomic E-state index is 0. The molecule has 0 atom stereocenters. The predicted octanol–water partition coefficient (Wildman–Crippen LogP) is 2.91. The van der Waals surface area contributed by atoms with Gasteiger partial charge in [0.25, 0.3) is 0 Å². The Kier molecular flexibility index (Phi) is 8.53. The van der Waals surface area contributed by atoms with Gasteiger partial charge in [0.1, 0.15) is 17.5 Å². The summed E-state index contributed by atoms with van der Waals surface area (Å²) in [7, 11) is 5.47. The lowest BCUT2D eigenvalue weighted by molar-refractivity contribution is 0.581. The molecular weight excluding hydrogens is 439 g/mol. The van der Waals surface area contributed by atoms with Gasteiger partial charge in [0.15, 0.2) is 5.96 Å². The van der Waals surface area contributed by atoms with Crippen LogP contribution in [0.5, 0.6) is 0 Å². The van der Waals surface area contributed by atoms with Crippen molar-refractivity contribution in [3.63, 3.8) is 0 Å². The van der Waals surface area contributed by atoms with Crippen molar-refractivity contribution in [2.75, 3.05) is 26.0 Å². The van der Waals surface area contributed by atoms with Crippen molar-refractivity contribution < 1.29 is 8.78 Å². The number of aromatic nitrogens is 1. The number of hydrogen-bond acceptors (Lipinski definition) is 3. The summed E-state index contributed by atoms with van der Waals surface area (Å²) in [5.74, 6) is 0.439. The van der Waals surface area contributed by atoms with Gasteiger partial charge in [0.05, 0.1) is 0 Å². The average Bonchev–Trinajstić information content (AvgIpc) is 2.58. The minimum Gasteiger partial charge on any atom is -0.363 e. The zero-order valence-electron chi connectivity index (χ0n) is 14.4. The van der Waals surface area contributed by atoms with Crippen molar-refractivity contribution in [3.05, 3.63) is 59.3 Å². The number of pyridine rings is 1. The fraction of sp³-hybridized carbons (Fsp3) is 0.294. The van der Waals surface area contributed by atoms with E-state index in [2.05, 4.69) is 20.6 Å². The van der Waals surface area contributed by atoms with E-state index in [-0.39, 0.29) is 36.1 Å². The fourth-order valence-electron chi connectivity index (χ4n) is 2.08. The van der Waals surface area contributed by atoms with Gasteiger partial charge in [-0.1, -0.05) is 0 Å². The van der Waals surface area contributed by atoms with E-state index in [0.29, 0.717) is 12.5 Å². The van der Waals surface area contributed by atoms with Crippen LogP contribution in [0.15, 0.2) is 41.5 Å². The number of guanidine groups is 1. The number of nitrogens with zero attached hydrogens (tertiary/aromatic N) is 3. The summed E-state index contributed by atoms with van der Waals surface area (Å²) in [4.78, 5) is 10.3. The maximum atomic E-state index is 13.6. The lowest BCUT2D eigenvalue weighted by atomic mass is 10.2. The molecule has 0 aliphatic rings. The molecule has 0 unspecified atom stereocenters. The standard InChI is InChI=1S/C17H21F2N5.HI/c1-20-17(23-11-13-9-14(18)4-5-15(13)19)22-10-12-6-7-21-16(8-12)24(2)3;/h4-9H,10-11H2,1-3H3,(H2,20,22,23);1H. The Balaban J connectivity index is 0.00000312. The molecule has 1 aromatic heterocycles. The van der Waals surface area contributed by atoms with Gasteiger partial charge in [-0.05, 0) is 35.9 Å². The summed E-state index contributed by atoms with van der Waals surface area (Å²) in [5.41, 5.74) is 1.28. The van der Waals surface area contributed by atoms with E-state index in [4.69, 9.17) is 0 Å². The summed E-state index contributed by atoms with van der Waals surface area (Å²) >= 11 is 0. The average molecular weight is 461 g/mol. The van der Waals surface area contributed by atoms with Crippen LogP contribution in [0.3, 0.4) is 0 Å². The van der Waals surface area contributed by atoms with Crippen LogP contribution in [0.25, 0.3) is 0 Å². The quantitative estimate of drug-likeness (QED) is 0.409. The van der Waals surface area contributed by atoms with E-state index in [9.17, 15) is 8.78 Å².